The number of aliphatic carboxylic acids is 3. The molecule has 0 saturated heterocycles. The highest BCUT2D eigenvalue weighted by atomic mass is 16.4. The maximum Gasteiger partial charge on any atom is 0.320 e. The van der Waals surface area contributed by atoms with Crippen LogP contribution in [0, 0.1) is 0 Å². The summed E-state index contributed by atoms with van der Waals surface area (Å²) in [6, 6.07) is 10.4. The lowest BCUT2D eigenvalue weighted by Crippen LogP contribution is -2.57. The van der Waals surface area contributed by atoms with Crippen molar-refractivity contribution in [2.24, 2.45) is 0 Å². The molecule has 11 nitrogen and oxygen atoms in total. The minimum atomic E-state index is -1.24. The van der Waals surface area contributed by atoms with Crippen LogP contribution in [0.25, 0.3) is 11.4 Å². The van der Waals surface area contributed by atoms with E-state index in [2.05, 4.69) is 9.97 Å². The summed E-state index contributed by atoms with van der Waals surface area (Å²) in [5, 5.41) is 31.7. The molecule has 0 amide bonds. The molecule has 0 fully saturated rings. The highest BCUT2D eigenvalue weighted by Crippen LogP contribution is 2.20. The Morgan fingerprint density at radius 2 is 1.14 bits per heavy atom. The van der Waals surface area contributed by atoms with Crippen LogP contribution < -0.4 is 0 Å². The first-order chi connectivity index (χ1) is 13.8. The van der Waals surface area contributed by atoms with Crippen LogP contribution in [0.3, 0.4) is 0 Å². The van der Waals surface area contributed by atoms with Gasteiger partial charge in [-0.15, -0.1) is 0 Å². The van der Waals surface area contributed by atoms with Gasteiger partial charge >= 0.3 is 17.9 Å². The number of carbonyl (C=O) groups is 3. The number of hydrazine groups is 2. The first-order valence-corrected chi connectivity index (χ1v) is 8.66. The molecular formula is C18H19N5O6. The zero-order valence-corrected chi connectivity index (χ0v) is 15.3. The van der Waals surface area contributed by atoms with Crippen LogP contribution in [-0.4, -0.2) is 78.0 Å². The van der Waals surface area contributed by atoms with Gasteiger partial charge < -0.3 is 15.3 Å². The summed E-state index contributed by atoms with van der Waals surface area (Å²) >= 11 is 0. The van der Waals surface area contributed by atoms with Crippen molar-refractivity contribution in [3.05, 3.63) is 47.8 Å². The fourth-order valence-corrected chi connectivity index (χ4v) is 3.05. The molecule has 0 radical (unpaired) electrons. The zero-order valence-electron chi connectivity index (χ0n) is 15.3. The second-order valence-corrected chi connectivity index (χ2v) is 6.39. The predicted octanol–water partition coefficient (Wildman–Crippen LogP) is 0.147. The lowest BCUT2D eigenvalue weighted by atomic mass is 10.2. The lowest BCUT2D eigenvalue weighted by molar-refractivity contribution is -0.210. The van der Waals surface area contributed by atoms with Gasteiger partial charge in [0.05, 0.1) is 35.9 Å². The van der Waals surface area contributed by atoms with E-state index in [9.17, 15) is 29.7 Å². The molecule has 0 saturated carbocycles. The van der Waals surface area contributed by atoms with Crippen molar-refractivity contribution in [3.8, 4) is 11.4 Å². The molecule has 1 aliphatic heterocycles. The number of hydrogen-bond acceptors (Lipinski definition) is 8. The number of aromatic nitrogens is 2. The molecule has 0 spiro atoms. The Labute approximate surface area is 165 Å². The molecule has 29 heavy (non-hydrogen) atoms. The number of carboxylic acid groups (broad SMARTS) is 3. The molecule has 0 unspecified atom stereocenters. The minimum Gasteiger partial charge on any atom is -0.480 e. The third-order valence-electron chi connectivity index (χ3n) is 4.13. The largest absolute Gasteiger partial charge is 0.480 e. The van der Waals surface area contributed by atoms with Gasteiger partial charge in [-0.25, -0.2) is 20.0 Å². The van der Waals surface area contributed by atoms with E-state index in [0.29, 0.717) is 22.8 Å². The van der Waals surface area contributed by atoms with Crippen LogP contribution in [0.15, 0.2) is 36.4 Å². The molecule has 3 rings (SSSR count). The molecule has 152 valence electrons. The highest BCUT2D eigenvalue weighted by Gasteiger charge is 2.29. The summed E-state index contributed by atoms with van der Waals surface area (Å²) in [5.74, 6) is -3.63. The van der Waals surface area contributed by atoms with E-state index in [0.717, 1.165) is 5.12 Å². The third kappa shape index (κ3) is 5.31. The molecule has 0 aromatic carbocycles. The van der Waals surface area contributed by atoms with Gasteiger partial charge in [0.2, 0.25) is 0 Å². The molecular weight excluding hydrogens is 382 g/mol. The summed E-state index contributed by atoms with van der Waals surface area (Å²) < 4.78 is 0. The van der Waals surface area contributed by atoms with E-state index >= 15 is 0 Å². The van der Waals surface area contributed by atoms with Gasteiger partial charge in [0.15, 0.2) is 0 Å². The van der Waals surface area contributed by atoms with Gasteiger partial charge in [0, 0.05) is 0 Å². The molecule has 1 aliphatic rings. The van der Waals surface area contributed by atoms with E-state index in [1.54, 1.807) is 36.4 Å². The molecule has 2 aromatic heterocycles. The second-order valence-electron chi connectivity index (χ2n) is 6.39. The standard InChI is InChI=1S/C18H19N5O6/c24-16(25)9-21-7-12-3-1-5-14(19-12)15-6-2-4-13(20-15)8-22(10-17(26)27)23(21)11-18(28)29/h1-6H,7-11H2,(H,24,25)(H,26,27)(H,28,29). The molecule has 0 aliphatic carbocycles. The van der Waals surface area contributed by atoms with Crippen LogP contribution in [0.4, 0.5) is 0 Å². The topological polar surface area (TPSA) is 147 Å². The van der Waals surface area contributed by atoms with Crippen LogP contribution in [-0.2, 0) is 27.5 Å². The maximum absolute atomic E-state index is 11.5. The number of nitrogens with zero attached hydrogens (tertiary/aromatic N) is 5. The fourth-order valence-electron chi connectivity index (χ4n) is 3.05. The van der Waals surface area contributed by atoms with E-state index in [1.165, 1.54) is 10.0 Å². The molecule has 3 heterocycles. The number of hydrogen-bond donors (Lipinski definition) is 3. The van der Waals surface area contributed by atoms with Crippen molar-refractivity contribution < 1.29 is 29.7 Å². The number of pyridine rings is 2. The Kier molecular flexibility index (Phi) is 6.12. The third-order valence-corrected chi connectivity index (χ3v) is 4.13. The van der Waals surface area contributed by atoms with Crippen molar-refractivity contribution in [1.29, 1.82) is 0 Å². The van der Waals surface area contributed by atoms with Gasteiger partial charge in [-0.3, -0.25) is 14.4 Å². The quantitative estimate of drug-likeness (QED) is 0.607. The summed E-state index contributed by atoms with van der Waals surface area (Å²) in [6.07, 6.45) is 0. The predicted molar refractivity (Wildman–Crippen MR) is 97.9 cm³/mol. The summed E-state index contributed by atoms with van der Waals surface area (Å²) in [7, 11) is 0. The first-order valence-electron chi connectivity index (χ1n) is 8.66. The van der Waals surface area contributed by atoms with E-state index in [-0.39, 0.29) is 13.1 Å². The Morgan fingerprint density at radius 1 is 0.724 bits per heavy atom. The van der Waals surface area contributed by atoms with E-state index in [4.69, 9.17) is 0 Å². The van der Waals surface area contributed by atoms with Crippen LogP contribution in [0.2, 0.25) is 0 Å². The van der Waals surface area contributed by atoms with Crippen molar-refractivity contribution in [1.82, 2.24) is 25.1 Å². The van der Waals surface area contributed by atoms with E-state index in [1.807, 2.05) is 0 Å². The van der Waals surface area contributed by atoms with E-state index < -0.39 is 37.5 Å². The van der Waals surface area contributed by atoms with Crippen LogP contribution in [0.1, 0.15) is 11.4 Å². The van der Waals surface area contributed by atoms with Crippen LogP contribution in [0.5, 0.6) is 0 Å². The molecule has 11 heteroatoms. The van der Waals surface area contributed by atoms with Crippen molar-refractivity contribution >= 4 is 17.9 Å². The number of fused-ring (bicyclic) bond motifs is 5. The SMILES string of the molecule is O=C(O)CN1Cc2cccc(n2)-c2cccc(n2)CN(CC(=O)O)N1CC(=O)O. The minimum absolute atomic E-state index is 0.0282. The molecule has 0 atom stereocenters. The summed E-state index contributed by atoms with van der Waals surface area (Å²) in [5.41, 5.74) is 2.14. The Morgan fingerprint density at radius 3 is 1.52 bits per heavy atom. The molecule has 4 bridgehead atoms. The van der Waals surface area contributed by atoms with Gasteiger partial charge in [0.25, 0.3) is 0 Å². The van der Waals surface area contributed by atoms with Crippen molar-refractivity contribution in [3.63, 3.8) is 0 Å². The molecule has 2 aromatic rings. The fraction of sp³-hybridized carbons (Fsp3) is 0.278. The Hall–Kier alpha value is -3.41. The van der Waals surface area contributed by atoms with Crippen molar-refractivity contribution in [2.45, 2.75) is 13.1 Å². The Balaban J connectivity index is 2.13. The Bertz CT molecular complexity index is 869. The summed E-state index contributed by atoms with van der Waals surface area (Å²) in [6.45, 7) is -1.76. The lowest BCUT2D eigenvalue weighted by Gasteiger charge is -2.39. The maximum atomic E-state index is 11.5. The van der Waals surface area contributed by atoms with Crippen molar-refractivity contribution in [2.75, 3.05) is 19.6 Å². The first kappa shape index (κ1) is 20.3. The molecule has 3 N–H and O–H groups in total. The summed E-state index contributed by atoms with van der Waals surface area (Å²) in [4.78, 5) is 43.4. The van der Waals surface area contributed by atoms with Gasteiger partial charge in [-0.2, -0.15) is 5.12 Å². The monoisotopic (exact) mass is 401 g/mol. The second kappa shape index (κ2) is 8.73. The van der Waals surface area contributed by atoms with Gasteiger partial charge in [-0.05, 0) is 24.3 Å². The zero-order chi connectivity index (χ0) is 21.0. The average Bonchev–Trinajstić information content (AvgIpc) is 2.65. The van der Waals surface area contributed by atoms with Gasteiger partial charge in [0.1, 0.15) is 19.6 Å². The number of rotatable bonds is 6. The normalized spacial score (nSPS) is 15.4. The van der Waals surface area contributed by atoms with Crippen LogP contribution >= 0.6 is 0 Å². The average molecular weight is 401 g/mol. The van der Waals surface area contributed by atoms with Gasteiger partial charge in [-0.1, -0.05) is 12.1 Å². The number of carboxylic acids is 3. The smallest absolute Gasteiger partial charge is 0.320 e. The highest BCUT2D eigenvalue weighted by molar-refractivity contribution is 5.71.